The number of aliphatic carboxylic acids is 1. The molecule has 0 spiro atoms. The van der Waals surface area contributed by atoms with Crippen molar-refractivity contribution in [2.24, 2.45) is 0 Å². The van der Waals surface area contributed by atoms with E-state index >= 15 is 0 Å². The molecule has 1 atom stereocenters. The molecule has 8 nitrogen and oxygen atoms in total. The molecule has 1 unspecified atom stereocenters. The molecule has 1 fully saturated rings. The van der Waals surface area contributed by atoms with Gasteiger partial charge in [-0.3, -0.25) is 19.3 Å². The number of hydrogen-bond acceptors (Lipinski definition) is 5. The first-order valence-corrected chi connectivity index (χ1v) is 9.61. The molecule has 2 aliphatic heterocycles. The molecule has 1 saturated heterocycles. The summed E-state index contributed by atoms with van der Waals surface area (Å²) < 4.78 is 25.8. The lowest BCUT2D eigenvalue weighted by molar-refractivity contribution is -0.140. The van der Waals surface area contributed by atoms with Crippen molar-refractivity contribution in [1.29, 1.82) is 0 Å². The van der Waals surface area contributed by atoms with Crippen LogP contribution in [0.15, 0.2) is 24.3 Å². The van der Waals surface area contributed by atoms with E-state index in [1.54, 1.807) is 24.3 Å². The maximum Gasteiger partial charge on any atom is 0.322 e. The van der Waals surface area contributed by atoms with Crippen LogP contribution in [0.1, 0.15) is 40.0 Å². The quantitative estimate of drug-likeness (QED) is 0.736. The van der Waals surface area contributed by atoms with Crippen molar-refractivity contribution >= 4 is 27.8 Å². The normalized spacial score (nSPS) is 21.0. The molecule has 0 saturated carbocycles. The van der Waals surface area contributed by atoms with Gasteiger partial charge in [0.05, 0.1) is 16.9 Å². The van der Waals surface area contributed by atoms with E-state index in [0.717, 1.165) is 9.21 Å². The zero-order valence-electron chi connectivity index (χ0n) is 13.4. The number of rotatable bonds is 6. The second-order valence-electron chi connectivity index (χ2n) is 6.08. The molecule has 0 bridgehead atoms. The highest BCUT2D eigenvalue weighted by atomic mass is 32.2. The van der Waals surface area contributed by atoms with Crippen molar-refractivity contribution in [2.75, 3.05) is 18.8 Å². The van der Waals surface area contributed by atoms with E-state index < -0.39 is 33.8 Å². The van der Waals surface area contributed by atoms with Gasteiger partial charge in [-0.05, 0) is 31.4 Å². The summed E-state index contributed by atoms with van der Waals surface area (Å²) in [5, 5.41) is 9.11. The number of benzene rings is 1. The van der Waals surface area contributed by atoms with E-state index in [1.807, 2.05) is 0 Å². The Morgan fingerprint density at radius 3 is 2.32 bits per heavy atom. The Bertz CT molecular complexity index is 800. The second kappa shape index (κ2) is 6.57. The molecule has 2 heterocycles. The summed E-state index contributed by atoms with van der Waals surface area (Å²) >= 11 is 0. The van der Waals surface area contributed by atoms with Crippen LogP contribution < -0.4 is 0 Å². The molecule has 3 rings (SSSR count). The van der Waals surface area contributed by atoms with Crippen molar-refractivity contribution in [3.8, 4) is 0 Å². The third kappa shape index (κ3) is 3.16. The number of carboxylic acid groups (broad SMARTS) is 1. The van der Waals surface area contributed by atoms with Gasteiger partial charge in [0.2, 0.25) is 10.0 Å². The van der Waals surface area contributed by atoms with Crippen molar-refractivity contribution in [3.05, 3.63) is 35.4 Å². The molecule has 0 aliphatic carbocycles. The Morgan fingerprint density at radius 2 is 1.76 bits per heavy atom. The molecule has 0 aromatic heterocycles. The van der Waals surface area contributed by atoms with E-state index in [4.69, 9.17) is 5.11 Å². The Balaban J connectivity index is 1.63. The van der Waals surface area contributed by atoms with Gasteiger partial charge in [-0.15, -0.1) is 0 Å². The number of carboxylic acids is 1. The minimum atomic E-state index is -3.75. The predicted octanol–water partition coefficient (Wildman–Crippen LogP) is 0.552. The van der Waals surface area contributed by atoms with Gasteiger partial charge in [0, 0.05) is 13.1 Å². The number of sulfonamides is 1. The largest absolute Gasteiger partial charge is 0.480 e. The fourth-order valence-corrected chi connectivity index (χ4v) is 5.00. The summed E-state index contributed by atoms with van der Waals surface area (Å²) in [5.74, 6) is -2.31. The zero-order chi connectivity index (χ0) is 18.2. The number of fused-ring (bicyclic) bond motifs is 1. The van der Waals surface area contributed by atoms with Crippen LogP contribution in [0.3, 0.4) is 0 Å². The molecule has 134 valence electrons. The lowest BCUT2D eigenvalue weighted by Crippen LogP contribution is -2.42. The van der Waals surface area contributed by atoms with Crippen LogP contribution in [0.25, 0.3) is 0 Å². The molecule has 1 aromatic rings. The first-order valence-electron chi connectivity index (χ1n) is 8.00. The molecule has 2 amide bonds. The molecule has 0 radical (unpaired) electrons. The highest BCUT2D eigenvalue weighted by Crippen LogP contribution is 2.24. The number of amides is 2. The van der Waals surface area contributed by atoms with Crippen LogP contribution in [0.2, 0.25) is 0 Å². The van der Waals surface area contributed by atoms with E-state index in [9.17, 15) is 22.8 Å². The fourth-order valence-electron chi connectivity index (χ4n) is 3.28. The van der Waals surface area contributed by atoms with E-state index in [0.29, 0.717) is 24.0 Å². The average Bonchev–Trinajstić information content (AvgIpc) is 3.16. The van der Waals surface area contributed by atoms with Gasteiger partial charge >= 0.3 is 5.97 Å². The Hall–Kier alpha value is -2.26. The third-order valence-corrected chi connectivity index (χ3v) is 6.46. The zero-order valence-corrected chi connectivity index (χ0v) is 14.2. The lowest BCUT2D eigenvalue weighted by atomic mass is 10.1. The molecule has 9 heteroatoms. The summed E-state index contributed by atoms with van der Waals surface area (Å²) in [5.41, 5.74) is 0.640. The SMILES string of the molecule is O=C(O)C1CCCN1S(=O)(=O)CCCN1C(=O)c2ccccc2C1=O. The molecule has 1 N–H and O–H groups in total. The molecule has 2 aliphatic rings. The van der Waals surface area contributed by atoms with E-state index in [-0.39, 0.29) is 25.3 Å². The van der Waals surface area contributed by atoms with Gasteiger partial charge in [-0.25, -0.2) is 8.42 Å². The minimum absolute atomic E-state index is 0.0167. The standard InChI is InChI=1S/C16H18N2O6S/c19-14-11-5-1-2-6-12(11)15(20)17(14)8-4-10-25(23,24)18-9-3-7-13(18)16(21)22/h1-2,5-6,13H,3-4,7-10H2,(H,21,22). The Morgan fingerprint density at radius 1 is 1.16 bits per heavy atom. The third-order valence-electron chi connectivity index (χ3n) is 4.51. The smallest absolute Gasteiger partial charge is 0.322 e. The van der Waals surface area contributed by atoms with Crippen LogP contribution >= 0.6 is 0 Å². The number of hydrogen-bond donors (Lipinski definition) is 1. The van der Waals surface area contributed by atoms with Gasteiger partial charge in [-0.1, -0.05) is 12.1 Å². The molecular formula is C16H18N2O6S. The van der Waals surface area contributed by atoms with Gasteiger partial charge in [-0.2, -0.15) is 4.31 Å². The average molecular weight is 366 g/mol. The predicted molar refractivity (Wildman–Crippen MR) is 87.6 cm³/mol. The number of carbonyl (C=O) groups excluding carboxylic acids is 2. The van der Waals surface area contributed by atoms with Crippen LogP contribution in [0.4, 0.5) is 0 Å². The van der Waals surface area contributed by atoms with E-state index in [1.165, 1.54) is 0 Å². The number of imide groups is 1. The minimum Gasteiger partial charge on any atom is -0.480 e. The summed E-state index contributed by atoms with van der Waals surface area (Å²) in [7, 11) is -3.75. The van der Waals surface area contributed by atoms with Gasteiger partial charge < -0.3 is 5.11 Å². The van der Waals surface area contributed by atoms with Crippen LogP contribution in [-0.2, 0) is 14.8 Å². The molecule has 1 aromatic carbocycles. The van der Waals surface area contributed by atoms with Gasteiger partial charge in [0.15, 0.2) is 0 Å². The van der Waals surface area contributed by atoms with E-state index in [2.05, 4.69) is 0 Å². The highest BCUT2D eigenvalue weighted by molar-refractivity contribution is 7.89. The van der Waals surface area contributed by atoms with Crippen molar-refractivity contribution < 1.29 is 27.9 Å². The number of carbonyl (C=O) groups is 3. The molecule has 25 heavy (non-hydrogen) atoms. The topological polar surface area (TPSA) is 112 Å². The van der Waals surface area contributed by atoms with Crippen molar-refractivity contribution in [3.63, 3.8) is 0 Å². The fraction of sp³-hybridized carbons (Fsp3) is 0.438. The monoisotopic (exact) mass is 366 g/mol. The van der Waals surface area contributed by atoms with Crippen LogP contribution in [-0.4, -0.2) is 65.4 Å². The highest BCUT2D eigenvalue weighted by Gasteiger charge is 2.39. The van der Waals surface area contributed by atoms with Crippen molar-refractivity contribution in [1.82, 2.24) is 9.21 Å². The second-order valence-corrected chi connectivity index (χ2v) is 8.13. The first kappa shape index (κ1) is 17.6. The lowest BCUT2D eigenvalue weighted by Gasteiger charge is -2.21. The van der Waals surface area contributed by atoms with Gasteiger partial charge in [0.1, 0.15) is 6.04 Å². The Labute approximate surface area is 145 Å². The van der Waals surface area contributed by atoms with Crippen LogP contribution in [0.5, 0.6) is 0 Å². The first-order chi connectivity index (χ1) is 11.8. The summed E-state index contributed by atoms with van der Waals surface area (Å²) in [6.45, 7) is 0.170. The number of nitrogens with zero attached hydrogens (tertiary/aromatic N) is 2. The van der Waals surface area contributed by atoms with Gasteiger partial charge in [0.25, 0.3) is 11.8 Å². The maximum absolute atomic E-state index is 12.4. The van der Waals surface area contributed by atoms with Crippen LogP contribution in [0, 0.1) is 0 Å². The molecular weight excluding hydrogens is 348 g/mol. The summed E-state index contributed by atoms with van der Waals surface area (Å²) in [6, 6.07) is 5.43. The summed E-state index contributed by atoms with van der Waals surface area (Å²) in [4.78, 5) is 36.6. The Kier molecular flexibility index (Phi) is 4.61. The van der Waals surface area contributed by atoms with Crippen molar-refractivity contribution in [2.45, 2.75) is 25.3 Å². The summed E-state index contributed by atoms with van der Waals surface area (Å²) in [6.07, 6.45) is 0.873. The maximum atomic E-state index is 12.4.